The molecule has 23 heavy (non-hydrogen) atoms. The highest BCUT2D eigenvalue weighted by atomic mass is 19.1. The van der Waals surface area contributed by atoms with Crippen molar-refractivity contribution in [1.29, 1.82) is 5.41 Å². The minimum Gasteiger partial charge on any atom is -0.481 e. The van der Waals surface area contributed by atoms with Crippen molar-refractivity contribution in [2.75, 3.05) is 6.54 Å². The Kier molecular flexibility index (Phi) is 5.25. The van der Waals surface area contributed by atoms with Crippen LogP contribution < -0.4 is 5.32 Å². The van der Waals surface area contributed by atoms with E-state index in [2.05, 4.69) is 5.32 Å². The fraction of sp³-hybridized carbons (Fsp3) is 0.400. The predicted octanol–water partition coefficient (Wildman–Crippen LogP) is 2.65. The Hall–Kier alpha value is -2.51. The highest BCUT2D eigenvalue weighted by molar-refractivity contribution is 5.98. The van der Waals surface area contributed by atoms with Crippen LogP contribution in [0.1, 0.15) is 37.3 Å². The van der Waals surface area contributed by atoms with Crippen LogP contribution in [0.5, 0.6) is 0 Å². The molecule has 0 aromatic heterocycles. The quantitative estimate of drug-likeness (QED) is 0.727. The number of likely N-dealkylation sites (tertiary alicyclic amines) is 1. The molecule has 1 heterocycles. The van der Waals surface area contributed by atoms with E-state index >= 15 is 0 Å². The maximum atomic E-state index is 13.4. The number of rotatable bonds is 5. The molecule has 2 amide bonds. The number of carbonyl (C=O) groups is 2. The van der Waals surface area contributed by atoms with E-state index in [1.54, 1.807) is 0 Å². The van der Waals surface area contributed by atoms with Crippen molar-refractivity contribution in [3.05, 3.63) is 35.4 Å². The molecule has 0 spiro atoms. The number of amidine groups is 1. The van der Waals surface area contributed by atoms with E-state index in [-0.39, 0.29) is 25.2 Å². The zero-order valence-electron chi connectivity index (χ0n) is 12.3. The summed E-state index contributed by atoms with van der Waals surface area (Å²) < 4.78 is 26.7. The maximum Gasteiger partial charge on any atom is 0.323 e. The Morgan fingerprint density at radius 2 is 1.96 bits per heavy atom. The molecule has 1 atom stereocenters. The molecule has 0 aliphatic carbocycles. The number of nitrogens with zero attached hydrogens (tertiary/aromatic N) is 1. The van der Waals surface area contributed by atoms with Crippen molar-refractivity contribution in [1.82, 2.24) is 10.2 Å². The van der Waals surface area contributed by atoms with Gasteiger partial charge in [0.25, 0.3) is 0 Å². The number of carbonyl (C=O) groups excluding carboxylic acids is 1. The number of nitrogens with one attached hydrogen (secondary N) is 2. The topological polar surface area (TPSA) is 93.5 Å². The Morgan fingerprint density at radius 3 is 2.57 bits per heavy atom. The van der Waals surface area contributed by atoms with E-state index in [1.807, 2.05) is 0 Å². The van der Waals surface area contributed by atoms with E-state index in [0.29, 0.717) is 18.4 Å². The fourth-order valence-corrected chi connectivity index (χ4v) is 2.58. The van der Waals surface area contributed by atoms with E-state index in [4.69, 9.17) is 10.5 Å². The molecule has 1 fully saturated rings. The molecule has 6 nitrogen and oxygen atoms in total. The monoisotopic (exact) mass is 325 g/mol. The van der Waals surface area contributed by atoms with Crippen molar-refractivity contribution in [2.45, 2.75) is 31.7 Å². The Labute approximate surface area is 131 Å². The van der Waals surface area contributed by atoms with E-state index in [9.17, 15) is 18.4 Å². The molecule has 2 rings (SSSR count). The molecule has 1 saturated heterocycles. The van der Waals surface area contributed by atoms with Gasteiger partial charge >= 0.3 is 12.0 Å². The summed E-state index contributed by atoms with van der Waals surface area (Å²) in [5.41, 5.74) is 0.297. The van der Waals surface area contributed by atoms with Gasteiger partial charge < -0.3 is 10.4 Å². The number of hydrogen-bond donors (Lipinski definition) is 3. The van der Waals surface area contributed by atoms with Gasteiger partial charge in [0.15, 0.2) is 0 Å². The first-order valence-corrected chi connectivity index (χ1v) is 7.20. The zero-order valence-corrected chi connectivity index (χ0v) is 12.3. The van der Waals surface area contributed by atoms with E-state index < -0.39 is 29.7 Å². The van der Waals surface area contributed by atoms with Crippen LogP contribution in [0.3, 0.4) is 0 Å². The third-order valence-corrected chi connectivity index (χ3v) is 3.59. The van der Waals surface area contributed by atoms with Gasteiger partial charge in [-0.3, -0.25) is 15.1 Å². The summed E-state index contributed by atoms with van der Waals surface area (Å²) in [6.45, 7) is 0.152. The minimum absolute atomic E-state index is 0.0652. The molecular weight excluding hydrogens is 308 g/mol. The second-order valence-electron chi connectivity index (χ2n) is 5.30. The lowest BCUT2D eigenvalue weighted by atomic mass is 10.0. The van der Waals surface area contributed by atoms with Gasteiger partial charge in [0.1, 0.15) is 17.5 Å². The Balaban J connectivity index is 2.07. The lowest BCUT2D eigenvalue weighted by Crippen LogP contribution is -2.42. The minimum atomic E-state index is -0.957. The van der Waals surface area contributed by atoms with Crippen LogP contribution in [0.2, 0.25) is 0 Å². The molecule has 0 bridgehead atoms. The number of carboxylic acid groups (broad SMARTS) is 1. The van der Waals surface area contributed by atoms with Gasteiger partial charge in [0, 0.05) is 25.5 Å². The molecule has 1 aliphatic heterocycles. The highest BCUT2D eigenvalue weighted by Gasteiger charge is 2.34. The molecule has 1 aromatic carbocycles. The van der Waals surface area contributed by atoms with Crippen LogP contribution in [-0.4, -0.2) is 34.4 Å². The third-order valence-electron chi connectivity index (χ3n) is 3.59. The highest BCUT2D eigenvalue weighted by Crippen LogP contribution is 2.33. The first kappa shape index (κ1) is 16.9. The summed E-state index contributed by atoms with van der Waals surface area (Å²) in [6, 6.07) is 1.88. The smallest absolute Gasteiger partial charge is 0.323 e. The SMILES string of the molecule is N=C1CCC(c2cc(F)cc(F)c2)N1C(=O)NCCCC(=O)O. The first-order valence-electron chi connectivity index (χ1n) is 7.20. The van der Waals surface area contributed by atoms with Gasteiger partial charge in [-0.25, -0.2) is 13.6 Å². The number of benzene rings is 1. The maximum absolute atomic E-state index is 13.4. The van der Waals surface area contributed by atoms with Crippen LogP contribution in [0.25, 0.3) is 0 Å². The van der Waals surface area contributed by atoms with Gasteiger partial charge in [-0.05, 0) is 30.5 Å². The summed E-state index contributed by atoms with van der Waals surface area (Å²) in [5, 5.41) is 18.9. The number of halogens is 2. The van der Waals surface area contributed by atoms with Crippen molar-refractivity contribution in [3.8, 4) is 0 Å². The van der Waals surface area contributed by atoms with Crippen LogP contribution in [-0.2, 0) is 4.79 Å². The summed E-state index contributed by atoms with van der Waals surface area (Å²) in [4.78, 5) is 23.8. The third kappa shape index (κ3) is 4.24. The van der Waals surface area contributed by atoms with E-state index in [1.165, 1.54) is 0 Å². The van der Waals surface area contributed by atoms with Gasteiger partial charge in [-0.2, -0.15) is 0 Å². The van der Waals surface area contributed by atoms with Crippen LogP contribution in [0, 0.1) is 17.0 Å². The summed E-state index contributed by atoms with van der Waals surface area (Å²) in [5.74, 6) is -2.36. The molecule has 0 radical (unpaired) electrons. The molecule has 1 aromatic rings. The molecule has 0 saturated carbocycles. The molecular formula is C15H17F2N3O3. The first-order chi connectivity index (χ1) is 10.9. The number of hydrogen-bond acceptors (Lipinski definition) is 3. The zero-order chi connectivity index (χ0) is 17.0. The van der Waals surface area contributed by atoms with Crippen LogP contribution >= 0.6 is 0 Å². The normalized spacial score (nSPS) is 17.4. The fourth-order valence-electron chi connectivity index (χ4n) is 2.58. The summed E-state index contributed by atoms with van der Waals surface area (Å²) in [6.07, 6.45) is 0.924. The van der Waals surface area contributed by atoms with Gasteiger partial charge in [0.2, 0.25) is 0 Å². The molecule has 1 aliphatic rings. The van der Waals surface area contributed by atoms with Crippen LogP contribution in [0.15, 0.2) is 18.2 Å². The lowest BCUT2D eigenvalue weighted by molar-refractivity contribution is -0.137. The summed E-state index contributed by atoms with van der Waals surface area (Å²) in [7, 11) is 0. The second-order valence-corrected chi connectivity index (χ2v) is 5.30. The van der Waals surface area contributed by atoms with Crippen molar-refractivity contribution < 1.29 is 23.5 Å². The average molecular weight is 325 g/mol. The van der Waals surface area contributed by atoms with Crippen molar-refractivity contribution >= 4 is 17.8 Å². The average Bonchev–Trinajstić information content (AvgIpc) is 2.84. The standard InChI is InChI=1S/C15H17F2N3O3/c16-10-6-9(7-11(17)8-10)12-3-4-13(18)20(12)15(23)19-5-1-2-14(21)22/h6-8,12,18H,1-5H2,(H,19,23)(H,21,22). The molecule has 8 heteroatoms. The molecule has 1 unspecified atom stereocenters. The van der Waals surface area contributed by atoms with Crippen molar-refractivity contribution in [3.63, 3.8) is 0 Å². The lowest BCUT2D eigenvalue weighted by Gasteiger charge is -2.25. The number of amides is 2. The Morgan fingerprint density at radius 1 is 1.30 bits per heavy atom. The van der Waals surface area contributed by atoms with Gasteiger partial charge in [-0.15, -0.1) is 0 Å². The predicted molar refractivity (Wildman–Crippen MR) is 78.2 cm³/mol. The number of carboxylic acids is 1. The summed E-state index contributed by atoms with van der Waals surface area (Å²) >= 11 is 0. The van der Waals surface area contributed by atoms with Crippen molar-refractivity contribution in [2.24, 2.45) is 0 Å². The van der Waals surface area contributed by atoms with Gasteiger partial charge in [-0.1, -0.05) is 0 Å². The van der Waals surface area contributed by atoms with E-state index in [0.717, 1.165) is 23.1 Å². The number of urea groups is 1. The van der Waals surface area contributed by atoms with Gasteiger partial charge in [0.05, 0.1) is 6.04 Å². The largest absolute Gasteiger partial charge is 0.481 e. The Bertz CT molecular complexity index is 616. The molecule has 3 N–H and O–H groups in total. The molecule has 124 valence electrons. The second kappa shape index (κ2) is 7.17. The van der Waals surface area contributed by atoms with Crippen LogP contribution in [0.4, 0.5) is 13.6 Å². The number of aliphatic carboxylic acids is 1.